The normalized spacial score (nSPS) is 11.4. The Balaban J connectivity index is 2.23. The van der Waals surface area contributed by atoms with E-state index in [1.807, 2.05) is 0 Å². The van der Waals surface area contributed by atoms with Crippen LogP contribution >= 0.6 is 0 Å². The minimum atomic E-state index is -0.924. The number of rotatable bonds is 5. The molecule has 0 aliphatic heterocycles. The molecular weight excluding hydrogens is 204 g/mol. The van der Waals surface area contributed by atoms with Crippen LogP contribution < -0.4 is 4.74 Å². The molecule has 0 saturated carbocycles. The number of benzene rings is 1. The maximum Gasteiger partial charge on any atom is 0.119 e. The van der Waals surface area contributed by atoms with Gasteiger partial charge in [-0.05, 0) is 30.7 Å². The smallest absolute Gasteiger partial charge is 0.119 e. The zero-order valence-electron chi connectivity index (χ0n) is 9.79. The molecule has 0 atom stereocenters. The summed E-state index contributed by atoms with van der Waals surface area (Å²) in [5.74, 6) is 1.12. The van der Waals surface area contributed by atoms with Gasteiger partial charge in [0.15, 0.2) is 0 Å². The second-order valence-corrected chi connectivity index (χ2v) is 10.6. The van der Waals surface area contributed by atoms with Crippen LogP contribution in [0.15, 0.2) is 24.3 Å². The highest BCUT2D eigenvalue weighted by Gasteiger charge is 2.11. The summed E-state index contributed by atoms with van der Waals surface area (Å²) in [5, 5.41) is 9.08. The Morgan fingerprint density at radius 2 is 1.73 bits per heavy atom. The lowest BCUT2D eigenvalue weighted by Gasteiger charge is -2.15. The Morgan fingerprint density at radius 3 is 2.27 bits per heavy atom. The Bertz CT molecular complexity index is 287. The molecule has 1 aromatic rings. The molecule has 0 heterocycles. The van der Waals surface area contributed by atoms with Gasteiger partial charge in [0, 0.05) is 8.07 Å². The number of hydrogen-bond donors (Lipinski definition) is 1. The molecule has 1 aromatic carbocycles. The zero-order valence-corrected chi connectivity index (χ0v) is 10.8. The van der Waals surface area contributed by atoms with Gasteiger partial charge in [0.05, 0.1) is 6.61 Å². The van der Waals surface area contributed by atoms with Gasteiger partial charge < -0.3 is 9.84 Å². The zero-order chi connectivity index (χ0) is 11.3. The summed E-state index contributed by atoms with van der Waals surface area (Å²) >= 11 is 0. The molecule has 0 unspecified atom stereocenters. The summed E-state index contributed by atoms with van der Waals surface area (Å²) in [6, 6.07) is 8.18. The summed E-state index contributed by atoms with van der Waals surface area (Å²) in [4.78, 5) is 0. The highest BCUT2D eigenvalue weighted by Crippen LogP contribution is 2.17. The third-order valence-electron chi connectivity index (χ3n) is 2.18. The summed E-state index contributed by atoms with van der Waals surface area (Å²) in [6.45, 7) is 7.88. The third kappa shape index (κ3) is 5.47. The number of aromatic hydroxyl groups is 1. The highest BCUT2D eigenvalue weighted by molar-refractivity contribution is 6.76. The first-order valence-corrected chi connectivity index (χ1v) is 9.10. The molecule has 0 aliphatic rings. The Hall–Kier alpha value is -0.963. The Morgan fingerprint density at radius 1 is 1.13 bits per heavy atom. The van der Waals surface area contributed by atoms with Crippen molar-refractivity contribution in [3.63, 3.8) is 0 Å². The quantitative estimate of drug-likeness (QED) is 0.612. The van der Waals surface area contributed by atoms with E-state index in [1.165, 1.54) is 6.04 Å². The van der Waals surface area contributed by atoms with Crippen LogP contribution in [0.3, 0.4) is 0 Å². The number of hydrogen-bond acceptors (Lipinski definition) is 2. The molecule has 0 fully saturated rings. The fourth-order valence-corrected chi connectivity index (χ4v) is 2.54. The van der Waals surface area contributed by atoms with Crippen molar-refractivity contribution in [1.29, 1.82) is 0 Å². The summed E-state index contributed by atoms with van der Waals surface area (Å²) in [7, 11) is -0.924. The van der Waals surface area contributed by atoms with Crippen LogP contribution in [0.2, 0.25) is 25.7 Å². The predicted molar refractivity (Wildman–Crippen MR) is 66.4 cm³/mol. The van der Waals surface area contributed by atoms with Gasteiger partial charge in [-0.25, -0.2) is 0 Å². The lowest BCUT2D eigenvalue weighted by atomic mass is 10.3. The van der Waals surface area contributed by atoms with Gasteiger partial charge in [-0.1, -0.05) is 25.7 Å². The van der Waals surface area contributed by atoms with Gasteiger partial charge in [-0.3, -0.25) is 0 Å². The van der Waals surface area contributed by atoms with Crippen molar-refractivity contribution in [2.75, 3.05) is 6.61 Å². The van der Waals surface area contributed by atoms with Crippen LogP contribution in [0.5, 0.6) is 11.5 Å². The van der Waals surface area contributed by atoms with Gasteiger partial charge in [-0.15, -0.1) is 0 Å². The summed E-state index contributed by atoms with van der Waals surface area (Å²) < 4.78 is 5.57. The van der Waals surface area contributed by atoms with Crippen molar-refractivity contribution in [1.82, 2.24) is 0 Å². The SMILES string of the molecule is C[Si](C)(C)CCCOc1ccc(O)cc1. The van der Waals surface area contributed by atoms with E-state index in [0.29, 0.717) is 0 Å². The topological polar surface area (TPSA) is 29.5 Å². The molecule has 15 heavy (non-hydrogen) atoms. The second-order valence-electron chi connectivity index (χ2n) is 5.01. The van der Waals surface area contributed by atoms with Gasteiger partial charge >= 0.3 is 0 Å². The maximum absolute atomic E-state index is 9.08. The van der Waals surface area contributed by atoms with Gasteiger partial charge in [0.25, 0.3) is 0 Å². The fraction of sp³-hybridized carbons (Fsp3) is 0.500. The van der Waals surface area contributed by atoms with Crippen LogP contribution in [-0.4, -0.2) is 19.8 Å². The van der Waals surface area contributed by atoms with Gasteiger partial charge in [0.2, 0.25) is 0 Å². The van der Waals surface area contributed by atoms with E-state index in [9.17, 15) is 0 Å². The summed E-state index contributed by atoms with van der Waals surface area (Å²) in [6.07, 6.45) is 1.12. The average molecular weight is 224 g/mol. The van der Waals surface area contributed by atoms with E-state index in [1.54, 1.807) is 24.3 Å². The number of phenolic OH excluding ortho intramolecular Hbond substituents is 1. The molecule has 0 amide bonds. The Labute approximate surface area is 92.9 Å². The van der Waals surface area contributed by atoms with Crippen molar-refractivity contribution in [2.45, 2.75) is 32.1 Å². The largest absolute Gasteiger partial charge is 0.508 e. The predicted octanol–water partition coefficient (Wildman–Crippen LogP) is 3.50. The van der Waals surface area contributed by atoms with E-state index in [-0.39, 0.29) is 5.75 Å². The molecule has 0 spiro atoms. The monoisotopic (exact) mass is 224 g/mol. The van der Waals surface area contributed by atoms with Crippen molar-refractivity contribution in [3.8, 4) is 11.5 Å². The van der Waals surface area contributed by atoms with Crippen molar-refractivity contribution in [2.24, 2.45) is 0 Å². The second kappa shape index (κ2) is 5.21. The molecule has 84 valence electrons. The number of ether oxygens (including phenoxy) is 1. The molecule has 0 aliphatic carbocycles. The molecule has 3 heteroatoms. The maximum atomic E-state index is 9.08. The van der Waals surface area contributed by atoms with Crippen LogP contribution in [-0.2, 0) is 0 Å². The van der Waals surface area contributed by atoms with Gasteiger partial charge in [-0.2, -0.15) is 0 Å². The fourth-order valence-electron chi connectivity index (χ4n) is 1.33. The van der Waals surface area contributed by atoms with Crippen LogP contribution in [0.1, 0.15) is 6.42 Å². The average Bonchev–Trinajstić information content (AvgIpc) is 2.14. The van der Waals surface area contributed by atoms with Gasteiger partial charge in [0.1, 0.15) is 11.5 Å². The molecular formula is C12H20O2Si. The molecule has 0 saturated heterocycles. The van der Waals surface area contributed by atoms with Crippen molar-refractivity contribution >= 4 is 8.07 Å². The lowest BCUT2D eigenvalue weighted by Crippen LogP contribution is -2.19. The standard InChI is InChI=1S/C12H20O2Si/c1-15(2,3)10-4-9-14-12-7-5-11(13)6-8-12/h5-8,13H,4,9-10H2,1-3H3. The molecule has 1 N–H and O–H groups in total. The molecule has 0 aromatic heterocycles. The first-order chi connectivity index (χ1) is 6.97. The first kappa shape index (κ1) is 12.1. The van der Waals surface area contributed by atoms with Crippen LogP contribution in [0, 0.1) is 0 Å². The van der Waals surface area contributed by atoms with E-state index in [2.05, 4.69) is 19.6 Å². The molecule has 0 radical (unpaired) electrons. The Kier molecular flexibility index (Phi) is 4.21. The van der Waals surface area contributed by atoms with Crippen LogP contribution in [0.4, 0.5) is 0 Å². The van der Waals surface area contributed by atoms with Crippen molar-refractivity contribution in [3.05, 3.63) is 24.3 Å². The molecule has 1 rings (SSSR count). The van der Waals surface area contributed by atoms with Crippen LogP contribution in [0.25, 0.3) is 0 Å². The van der Waals surface area contributed by atoms with Crippen molar-refractivity contribution < 1.29 is 9.84 Å². The molecule has 0 bridgehead atoms. The number of phenols is 1. The summed E-state index contributed by atoms with van der Waals surface area (Å²) in [5.41, 5.74) is 0. The minimum Gasteiger partial charge on any atom is -0.508 e. The van der Waals surface area contributed by atoms with E-state index >= 15 is 0 Å². The van der Waals surface area contributed by atoms with E-state index in [0.717, 1.165) is 18.8 Å². The minimum absolute atomic E-state index is 0.282. The first-order valence-electron chi connectivity index (χ1n) is 5.39. The van der Waals surface area contributed by atoms with E-state index in [4.69, 9.17) is 9.84 Å². The molecule has 2 nitrogen and oxygen atoms in total. The lowest BCUT2D eigenvalue weighted by molar-refractivity contribution is 0.316. The highest BCUT2D eigenvalue weighted by atomic mass is 28.3. The van der Waals surface area contributed by atoms with E-state index < -0.39 is 8.07 Å². The third-order valence-corrected chi connectivity index (χ3v) is 4.03.